The van der Waals surface area contributed by atoms with Crippen LogP contribution >= 0.6 is 11.6 Å². The quantitative estimate of drug-likeness (QED) is 0.630. The van der Waals surface area contributed by atoms with Gasteiger partial charge in [0.25, 0.3) is 0 Å². The SMILES string of the molecule is CC(C)Nc1ncc2cc(-c3ccccc3Cl)c(OCC(C)(C)O)cc2n1. The molecule has 6 heteroatoms. The third-order valence-corrected chi connectivity index (χ3v) is 4.17. The average molecular weight is 386 g/mol. The monoisotopic (exact) mass is 385 g/mol. The summed E-state index contributed by atoms with van der Waals surface area (Å²) in [7, 11) is 0. The van der Waals surface area contributed by atoms with Crippen molar-refractivity contribution in [2.24, 2.45) is 0 Å². The molecule has 0 amide bonds. The van der Waals surface area contributed by atoms with Crippen LogP contribution in [0.25, 0.3) is 22.0 Å². The van der Waals surface area contributed by atoms with Gasteiger partial charge in [0.05, 0.1) is 11.1 Å². The summed E-state index contributed by atoms with van der Waals surface area (Å²) in [5, 5.41) is 14.8. The fourth-order valence-corrected chi connectivity index (χ4v) is 2.89. The maximum Gasteiger partial charge on any atom is 0.223 e. The molecule has 27 heavy (non-hydrogen) atoms. The van der Waals surface area contributed by atoms with Gasteiger partial charge >= 0.3 is 0 Å². The van der Waals surface area contributed by atoms with Gasteiger partial charge in [-0.1, -0.05) is 29.8 Å². The molecule has 142 valence electrons. The molecule has 0 aliphatic heterocycles. The van der Waals surface area contributed by atoms with Gasteiger partial charge in [0, 0.05) is 39.8 Å². The number of hydrogen-bond acceptors (Lipinski definition) is 5. The van der Waals surface area contributed by atoms with E-state index in [-0.39, 0.29) is 12.6 Å². The Morgan fingerprint density at radius 1 is 1.19 bits per heavy atom. The van der Waals surface area contributed by atoms with Crippen molar-refractivity contribution in [3.05, 3.63) is 47.6 Å². The molecule has 0 radical (unpaired) electrons. The first-order valence-electron chi connectivity index (χ1n) is 8.90. The van der Waals surface area contributed by atoms with Crippen LogP contribution in [-0.4, -0.2) is 33.3 Å². The van der Waals surface area contributed by atoms with E-state index in [1.54, 1.807) is 20.0 Å². The van der Waals surface area contributed by atoms with Gasteiger partial charge in [-0.3, -0.25) is 0 Å². The Hall–Kier alpha value is -2.37. The lowest BCUT2D eigenvalue weighted by molar-refractivity contribution is 0.0287. The Balaban J connectivity index is 2.12. The Kier molecular flexibility index (Phi) is 5.53. The topological polar surface area (TPSA) is 67.3 Å². The molecular weight excluding hydrogens is 362 g/mol. The molecule has 2 N–H and O–H groups in total. The first-order chi connectivity index (χ1) is 12.7. The van der Waals surface area contributed by atoms with E-state index in [9.17, 15) is 5.11 Å². The average Bonchev–Trinajstić information content (AvgIpc) is 2.58. The van der Waals surface area contributed by atoms with Gasteiger partial charge < -0.3 is 15.2 Å². The van der Waals surface area contributed by atoms with E-state index >= 15 is 0 Å². The van der Waals surface area contributed by atoms with E-state index in [0.29, 0.717) is 16.7 Å². The standard InChI is InChI=1S/C21H24ClN3O2/c1-13(2)24-20-23-11-14-9-16(15-7-5-6-8-17(15)22)19(10-18(14)25-20)27-12-21(3,4)26/h5-11,13,26H,12H2,1-4H3,(H,23,24,25). The van der Waals surface area contributed by atoms with Crippen LogP contribution in [0.15, 0.2) is 42.6 Å². The van der Waals surface area contributed by atoms with E-state index in [0.717, 1.165) is 22.0 Å². The summed E-state index contributed by atoms with van der Waals surface area (Å²) in [5.41, 5.74) is 1.50. The van der Waals surface area contributed by atoms with Crippen molar-refractivity contribution < 1.29 is 9.84 Å². The predicted molar refractivity (Wildman–Crippen MR) is 111 cm³/mol. The minimum Gasteiger partial charge on any atom is -0.490 e. The van der Waals surface area contributed by atoms with E-state index in [4.69, 9.17) is 16.3 Å². The highest BCUT2D eigenvalue weighted by Crippen LogP contribution is 2.37. The van der Waals surface area contributed by atoms with Crippen molar-refractivity contribution in [1.82, 2.24) is 9.97 Å². The minimum atomic E-state index is -0.956. The highest BCUT2D eigenvalue weighted by molar-refractivity contribution is 6.33. The summed E-state index contributed by atoms with van der Waals surface area (Å²) in [5.74, 6) is 1.18. The molecule has 0 saturated heterocycles. The smallest absolute Gasteiger partial charge is 0.223 e. The number of nitrogens with one attached hydrogen (secondary N) is 1. The molecule has 2 aromatic carbocycles. The van der Waals surface area contributed by atoms with Crippen molar-refractivity contribution in [3.63, 3.8) is 0 Å². The predicted octanol–water partition coefficient (Wildman–Crippen LogP) is 4.92. The molecule has 0 atom stereocenters. The van der Waals surface area contributed by atoms with Crippen LogP contribution in [-0.2, 0) is 0 Å². The van der Waals surface area contributed by atoms with Gasteiger partial charge in [-0.15, -0.1) is 0 Å². The maximum atomic E-state index is 10.1. The second-order valence-corrected chi connectivity index (χ2v) is 7.89. The van der Waals surface area contributed by atoms with Gasteiger partial charge in [0.15, 0.2) is 0 Å². The van der Waals surface area contributed by atoms with Crippen LogP contribution in [0.1, 0.15) is 27.7 Å². The second-order valence-electron chi connectivity index (χ2n) is 7.48. The number of nitrogens with zero attached hydrogens (tertiary/aromatic N) is 2. The molecule has 3 aromatic rings. The number of ether oxygens (including phenoxy) is 1. The number of rotatable bonds is 6. The van der Waals surface area contributed by atoms with Crippen molar-refractivity contribution in [2.45, 2.75) is 39.3 Å². The van der Waals surface area contributed by atoms with Crippen LogP contribution in [0.2, 0.25) is 5.02 Å². The lowest BCUT2D eigenvalue weighted by Gasteiger charge is -2.20. The normalized spacial score (nSPS) is 11.8. The summed E-state index contributed by atoms with van der Waals surface area (Å²) in [6.45, 7) is 7.63. The fourth-order valence-electron chi connectivity index (χ4n) is 2.65. The zero-order valence-electron chi connectivity index (χ0n) is 16.0. The molecular formula is C21H24ClN3O2. The number of anilines is 1. The van der Waals surface area contributed by atoms with Gasteiger partial charge in [-0.05, 0) is 39.8 Å². The Morgan fingerprint density at radius 2 is 1.93 bits per heavy atom. The van der Waals surface area contributed by atoms with Crippen LogP contribution in [0.5, 0.6) is 5.75 Å². The first-order valence-corrected chi connectivity index (χ1v) is 9.28. The second kappa shape index (κ2) is 7.71. The zero-order chi connectivity index (χ0) is 19.6. The maximum absolute atomic E-state index is 10.1. The van der Waals surface area contributed by atoms with Crippen molar-refractivity contribution in [2.75, 3.05) is 11.9 Å². The van der Waals surface area contributed by atoms with Gasteiger partial charge in [-0.25, -0.2) is 9.97 Å². The van der Waals surface area contributed by atoms with E-state index in [1.165, 1.54) is 0 Å². The van der Waals surface area contributed by atoms with E-state index in [1.807, 2.05) is 50.2 Å². The minimum absolute atomic E-state index is 0.151. The van der Waals surface area contributed by atoms with Gasteiger partial charge in [-0.2, -0.15) is 0 Å². The summed E-state index contributed by atoms with van der Waals surface area (Å²) in [4.78, 5) is 8.96. The number of aliphatic hydroxyl groups is 1. The molecule has 5 nitrogen and oxygen atoms in total. The molecule has 0 spiro atoms. The molecule has 1 heterocycles. The number of fused-ring (bicyclic) bond motifs is 1. The fraction of sp³-hybridized carbons (Fsp3) is 0.333. The number of aromatic nitrogens is 2. The van der Waals surface area contributed by atoms with E-state index in [2.05, 4.69) is 15.3 Å². The Morgan fingerprint density at radius 3 is 2.59 bits per heavy atom. The number of hydrogen-bond donors (Lipinski definition) is 2. The molecule has 0 aliphatic carbocycles. The van der Waals surface area contributed by atoms with Crippen molar-refractivity contribution in [1.29, 1.82) is 0 Å². The highest BCUT2D eigenvalue weighted by Gasteiger charge is 2.18. The largest absolute Gasteiger partial charge is 0.490 e. The van der Waals surface area contributed by atoms with Crippen molar-refractivity contribution >= 4 is 28.5 Å². The number of benzene rings is 2. The van der Waals surface area contributed by atoms with Crippen LogP contribution in [0, 0.1) is 0 Å². The molecule has 3 rings (SSSR count). The Labute approximate surface area is 164 Å². The van der Waals surface area contributed by atoms with Gasteiger partial charge in [0.2, 0.25) is 5.95 Å². The van der Waals surface area contributed by atoms with Crippen LogP contribution < -0.4 is 10.1 Å². The summed E-state index contributed by atoms with van der Waals surface area (Å²) >= 11 is 6.41. The molecule has 1 aromatic heterocycles. The van der Waals surface area contributed by atoms with Crippen molar-refractivity contribution in [3.8, 4) is 16.9 Å². The third kappa shape index (κ3) is 4.87. The molecule has 0 bridgehead atoms. The molecule has 0 fully saturated rings. The lowest BCUT2D eigenvalue weighted by atomic mass is 10.0. The summed E-state index contributed by atoms with van der Waals surface area (Å²) < 4.78 is 5.95. The lowest BCUT2D eigenvalue weighted by Crippen LogP contribution is -2.28. The summed E-state index contributed by atoms with van der Waals surface area (Å²) in [6, 6.07) is 11.7. The van der Waals surface area contributed by atoms with E-state index < -0.39 is 5.60 Å². The summed E-state index contributed by atoms with van der Waals surface area (Å²) in [6.07, 6.45) is 1.78. The molecule has 0 unspecified atom stereocenters. The van der Waals surface area contributed by atoms with Crippen LogP contribution in [0.3, 0.4) is 0 Å². The first kappa shape index (κ1) is 19.4. The third-order valence-electron chi connectivity index (χ3n) is 3.84. The Bertz CT molecular complexity index is 952. The number of halogens is 1. The molecule has 0 saturated carbocycles. The van der Waals surface area contributed by atoms with Crippen LogP contribution in [0.4, 0.5) is 5.95 Å². The van der Waals surface area contributed by atoms with Gasteiger partial charge in [0.1, 0.15) is 12.4 Å². The zero-order valence-corrected chi connectivity index (χ0v) is 16.7. The highest BCUT2D eigenvalue weighted by atomic mass is 35.5. The molecule has 0 aliphatic rings.